The van der Waals surface area contributed by atoms with Crippen molar-refractivity contribution in [2.24, 2.45) is 11.7 Å². The number of aryl methyl sites for hydroxylation is 1. The second-order valence-corrected chi connectivity index (χ2v) is 4.47. The summed E-state index contributed by atoms with van der Waals surface area (Å²) < 4.78 is 10.9. The van der Waals surface area contributed by atoms with Gasteiger partial charge in [0.1, 0.15) is 11.6 Å². The van der Waals surface area contributed by atoms with Gasteiger partial charge in [-0.05, 0) is 37.3 Å². The smallest absolute Gasteiger partial charge is 0.189 e. The largest absolute Gasteiger partial charge is 0.467 e. The summed E-state index contributed by atoms with van der Waals surface area (Å²) in [7, 11) is 0. The molecule has 1 aliphatic carbocycles. The van der Waals surface area contributed by atoms with Crippen LogP contribution in [0.4, 0.5) is 0 Å². The van der Waals surface area contributed by atoms with E-state index in [0.29, 0.717) is 5.56 Å². The molecule has 1 saturated carbocycles. The maximum atomic E-state index is 7.37. The van der Waals surface area contributed by atoms with Crippen LogP contribution in [0.1, 0.15) is 24.0 Å². The summed E-state index contributed by atoms with van der Waals surface area (Å²) in [5.41, 5.74) is 7.12. The Kier molecular flexibility index (Phi) is 3.64. The van der Waals surface area contributed by atoms with Crippen molar-refractivity contribution in [1.29, 1.82) is 5.41 Å². The SMILES string of the molecule is Cc1ccc(C(=N)N)cc1OCOCC1CC1. The first-order valence-corrected chi connectivity index (χ1v) is 5.82. The average Bonchev–Trinajstić information content (AvgIpc) is 3.10. The number of nitrogens with one attached hydrogen (secondary N) is 1. The monoisotopic (exact) mass is 234 g/mol. The zero-order valence-corrected chi connectivity index (χ0v) is 10.0. The van der Waals surface area contributed by atoms with E-state index < -0.39 is 0 Å². The fourth-order valence-electron chi connectivity index (χ4n) is 1.53. The molecule has 92 valence electrons. The second-order valence-electron chi connectivity index (χ2n) is 4.47. The Morgan fingerprint density at radius 3 is 2.88 bits per heavy atom. The molecule has 0 unspecified atom stereocenters. The van der Waals surface area contributed by atoms with Crippen molar-refractivity contribution in [3.05, 3.63) is 29.3 Å². The van der Waals surface area contributed by atoms with Crippen molar-refractivity contribution >= 4 is 5.84 Å². The molecule has 0 atom stereocenters. The van der Waals surface area contributed by atoms with Crippen molar-refractivity contribution in [1.82, 2.24) is 0 Å². The van der Waals surface area contributed by atoms with Crippen molar-refractivity contribution in [2.45, 2.75) is 19.8 Å². The van der Waals surface area contributed by atoms with Gasteiger partial charge in [-0.15, -0.1) is 0 Å². The van der Waals surface area contributed by atoms with E-state index in [1.165, 1.54) is 12.8 Å². The number of amidine groups is 1. The molecule has 1 fully saturated rings. The van der Waals surface area contributed by atoms with E-state index in [2.05, 4.69) is 0 Å². The number of hydrogen-bond acceptors (Lipinski definition) is 3. The van der Waals surface area contributed by atoms with Crippen molar-refractivity contribution < 1.29 is 9.47 Å². The third kappa shape index (κ3) is 3.46. The van der Waals surface area contributed by atoms with Crippen molar-refractivity contribution in [2.75, 3.05) is 13.4 Å². The fraction of sp³-hybridized carbons (Fsp3) is 0.462. The topological polar surface area (TPSA) is 68.3 Å². The van der Waals surface area contributed by atoms with Crippen LogP contribution < -0.4 is 10.5 Å². The minimum Gasteiger partial charge on any atom is -0.467 e. The number of benzene rings is 1. The molecule has 1 aromatic rings. The van der Waals surface area contributed by atoms with Crippen LogP contribution in [0.5, 0.6) is 5.75 Å². The van der Waals surface area contributed by atoms with Gasteiger partial charge >= 0.3 is 0 Å². The van der Waals surface area contributed by atoms with Gasteiger partial charge in [-0.3, -0.25) is 5.41 Å². The van der Waals surface area contributed by atoms with E-state index in [-0.39, 0.29) is 12.6 Å². The molecule has 0 amide bonds. The van der Waals surface area contributed by atoms with Gasteiger partial charge in [0.15, 0.2) is 6.79 Å². The van der Waals surface area contributed by atoms with Crippen LogP contribution in [0, 0.1) is 18.3 Å². The molecule has 0 aliphatic heterocycles. The first kappa shape index (κ1) is 11.9. The van der Waals surface area contributed by atoms with Crippen molar-refractivity contribution in [3.63, 3.8) is 0 Å². The van der Waals surface area contributed by atoms with Gasteiger partial charge in [0.05, 0.1) is 6.61 Å². The quantitative estimate of drug-likeness (QED) is 0.342. The molecule has 0 aromatic heterocycles. The van der Waals surface area contributed by atoms with E-state index in [0.717, 1.165) is 23.8 Å². The molecule has 17 heavy (non-hydrogen) atoms. The van der Waals surface area contributed by atoms with Crippen LogP contribution in [0.15, 0.2) is 18.2 Å². The third-order valence-corrected chi connectivity index (χ3v) is 2.85. The molecule has 1 aliphatic rings. The average molecular weight is 234 g/mol. The van der Waals surface area contributed by atoms with Crippen LogP contribution in [0.2, 0.25) is 0 Å². The Balaban J connectivity index is 1.88. The van der Waals surface area contributed by atoms with E-state index in [4.69, 9.17) is 20.6 Å². The Morgan fingerprint density at radius 1 is 1.47 bits per heavy atom. The lowest BCUT2D eigenvalue weighted by Gasteiger charge is -2.10. The fourth-order valence-corrected chi connectivity index (χ4v) is 1.53. The highest BCUT2D eigenvalue weighted by molar-refractivity contribution is 5.95. The Hall–Kier alpha value is -1.55. The summed E-state index contributed by atoms with van der Waals surface area (Å²) in [5.74, 6) is 1.52. The Bertz CT molecular complexity index is 414. The summed E-state index contributed by atoms with van der Waals surface area (Å²) >= 11 is 0. The number of nitrogens with two attached hydrogens (primary N) is 1. The van der Waals surface area contributed by atoms with Crippen LogP contribution in [0.3, 0.4) is 0 Å². The molecule has 0 radical (unpaired) electrons. The zero-order chi connectivity index (χ0) is 12.3. The molecule has 0 heterocycles. The molecule has 2 rings (SSSR count). The lowest BCUT2D eigenvalue weighted by Crippen LogP contribution is -2.12. The second kappa shape index (κ2) is 5.19. The lowest BCUT2D eigenvalue weighted by molar-refractivity contribution is 0.00961. The highest BCUT2D eigenvalue weighted by atomic mass is 16.7. The van der Waals surface area contributed by atoms with Gasteiger partial charge in [0.25, 0.3) is 0 Å². The van der Waals surface area contributed by atoms with E-state index in [1.54, 1.807) is 6.07 Å². The number of nitrogen functional groups attached to an aromatic ring is 1. The molecule has 0 saturated heterocycles. The standard InChI is InChI=1S/C13H18N2O2/c1-9-2-5-11(13(14)15)6-12(9)17-8-16-7-10-3-4-10/h2,5-6,10H,3-4,7-8H2,1H3,(H3,14,15). The highest BCUT2D eigenvalue weighted by Crippen LogP contribution is 2.28. The van der Waals surface area contributed by atoms with E-state index in [1.807, 2.05) is 19.1 Å². The predicted molar refractivity (Wildman–Crippen MR) is 66.4 cm³/mol. The Labute approximate surface area is 101 Å². The summed E-state index contributed by atoms with van der Waals surface area (Å²) in [5, 5.41) is 7.37. The number of rotatable bonds is 6. The molecule has 4 heteroatoms. The minimum absolute atomic E-state index is 0.0498. The predicted octanol–water partition coefficient (Wildman–Crippen LogP) is 2.04. The van der Waals surface area contributed by atoms with Gasteiger partial charge in [0, 0.05) is 5.56 Å². The van der Waals surface area contributed by atoms with Crippen LogP contribution in [0.25, 0.3) is 0 Å². The highest BCUT2D eigenvalue weighted by Gasteiger charge is 2.21. The first-order valence-electron chi connectivity index (χ1n) is 5.82. The van der Waals surface area contributed by atoms with Gasteiger partial charge < -0.3 is 15.2 Å². The number of ether oxygens (including phenoxy) is 2. The van der Waals surface area contributed by atoms with E-state index >= 15 is 0 Å². The van der Waals surface area contributed by atoms with Gasteiger partial charge in [-0.25, -0.2) is 0 Å². The molecular formula is C13H18N2O2. The zero-order valence-electron chi connectivity index (χ0n) is 10.0. The number of hydrogen-bond donors (Lipinski definition) is 2. The maximum absolute atomic E-state index is 7.37. The summed E-state index contributed by atoms with van der Waals surface area (Å²) in [6.07, 6.45) is 2.55. The maximum Gasteiger partial charge on any atom is 0.189 e. The van der Waals surface area contributed by atoms with E-state index in [9.17, 15) is 0 Å². The molecule has 0 spiro atoms. The van der Waals surface area contributed by atoms with Crippen LogP contribution >= 0.6 is 0 Å². The first-order chi connectivity index (χ1) is 8.16. The molecule has 1 aromatic carbocycles. The van der Waals surface area contributed by atoms with Crippen LogP contribution in [-0.2, 0) is 4.74 Å². The van der Waals surface area contributed by atoms with Gasteiger partial charge in [-0.1, -0.05) is 12.1 Å². The summed E-state index contributed by atoms with van der Waals surface area (Å²) in [4.78, 5) is 0. The summed E-state index contributed by atoms with van der Waals surface area (Å²) in [6.45, 7) is 3.00. The normalized spacial score (nSPS) is 14.6. The third-order valence-electron chi connectivity index (χ3n) is 2.85. The van der Waals surface area contributed by atoms with Crippen molar-refractivity contribution in [3.8, 4) is 5.75 Å². The lowest BCUT2D eigenvalue weighted by atomic mass is 10.1. The minimum atomic E-state index is 0.0498. The van der Waals surface area contributed by atoms with Gasteiger partial charge in [0.2, 0.25) is 0 Å². The van der Waals surface area contributed by atoms with Gasteiger partial charge in [-0.2, -0.15) is 0 Å². The molecule has 4 nitrogen and oxygen atoms in total. The molecule has 3 N–H and O–H groups in total. The summed E-state index contributed by atoms with van der Waals surface area (Å²) in [6, 6.07) is 5.49. The molecular weight excluding hydrogens is 216 g/mol. The van der Waals surface area contributed by atoms with Crippen LogP contribution in [-0.4, -0.2) is 19.2 Å². The molecule has 0 bridgehead atoms. The Morgan fingerprint density at radius 2 is 2.24 bits per heavy atom.